The summed E-state index contributed by atoms with van der Waals surface area (Å²) in [4.78, 5) is 12.3. The molecule has 2 aromatic carbocycles. The van der Waals surface area contributed by atoms with E-state index in [2.05, 4.69) is 15.6 Å². The lowest BCUT2D eigenvalue weighted by Gasteiger charge is -2.07. The summed E-state index contributed by atoms with van der Waals surface area (Å²) in [6.07, 6.45) is 0. The lowest BCUT2D eigenvalue weighted by atomic mass is 10.2. The third kappa shape index (κ3) is 4.00. The molecule has 0 unspecified atom stereocenters. The highest BCUT2D eigenvalue weighted by Gasteiger charge is 2.20. The van der Waals surface area contributed by atoms with Crippen molar-refractivity contribution < 1.29 is 13.9 Å². The second-order valence-corrected chi connectivity index (χ2v) is 5.40. The summed E-state index contributed by atoms with van der Waals surface area (Å²) >= 11 is 0. The van der Waals surface area contributed by atoms with Crippen molar-refractivity contribution >= 4 is 5.91 Å². The number of aromatic nitrogens is 3. The molecule has 0 saturated carbocycles. The zero-order valence-corrected chi connectivity index (χ0v) is 13.6. The highest BCUT2D eigenvalue weighted by Crippen LogP contribution is 2.17. The molecule has 0 aliphatic carbocycles. The zero-order chi connectivity index (χ0) is 17.6. The number of nitrogens with zero attached hydrogens (tertiary/aromatic N) is 3. The molecule has 1 N–H and O–H groups in total. The van der Waals surface area contributed by atoms with E-state index in [-0.39, 0.29) is 18.1 Å². The van der Waals surface area contributed by atoms with Gasteiger partial charge in [-0.15, -0.1) is 5.10 Å². The minimum absolute atomic E-state index is 0.112. The Bertz CT molecular complexity index is 847. The van der Waals surface area contributed by atoms with E-state index in [1.807, 2.05) is 30.3 Å². The monoisotopic (exact) mass is 340 g/mol. The van der Waals surface area contributed by atoms with Crippen LogP contribution in [0.15, 0.2) is 54.6 Å². The van der Waals surface area contributed by atoms with Gasteiger partial charge in [0, 0.05) is 6.54 Å². The maximum atomic E-state index is 12.9. The largest absolute Gasteiger partial charge is 0.479 e. The molecular formula is C18H17FN4O2. The molecule has 0 fully saturated rings. The number of carbonyl (C=O) groups is 1. The maximum Gasteiger partial charge on any atom is 0.277 e. The molecule has 0 radical (unpaired) electrons. The Morgan fingerprint density at radius 3 is 2.52 bits per heavy atom. The average molecular weight is 340 g/mol. The first kappa shape index (κ1) is 16.6. The molecule has 128 valence electrons. The van der Waals surface area contributed by atoms with Gasteiger partial charge in [0.25, 0.3) is 5.91 Å². The fourth-order valence-electron chi connectivity index (χ4n) is 2.38. The molecule has 6 nitrogen and oxygen atoms in total. The number of ether oxygens (including phenoxy) is 1. The van der Waals surface area contributed by atoms with Gasteiger partial charge in [0.15, 0.2) is 0 Å². The van der Waals surface area contributed by atoms with Gasteiger partial charge < -0.3 is 10.1 Å². The molecule has 0 bridgehead atoms. The molecule has 3 rings (SSSR count). The molecule has 25 heavy (non-hydrogen) atoms. The maximum absolute atomic E-state index is 12.9. The summed E-state index contributed by atoms with van der Waals surface area (Å²) < 4.78 is 19.7. The first-order valence-corrected chi connectivity index (χ1v) is 7.71. The van der Waals surface area contributed by atoms with Crippen molar-refractivity contribution in [3.05, 3.63) is 77.2 Å². The predicted molar refractivity (Wildman–Crippen MR) is 89.7 cm³/mol. The van der Waals surface area contributed by atoms with Gasteiger partial charge in [0.2, 0.25) is 11.6 Å². The molecule has 0 spiro atoms. The predicted octanol–water partition coefficient (Wildman–Crippen LogP) is 2.40. The van der Waals surface area contributed by atoms with Crippen LogP contribution < -0.4 is 10.1 Å². The van der Waals surface area contributed by atoms with Gasteiger partial charge in [0.1, 0.15) is 5.82 Å². The Kier molecular flexibility index (Phi) is 5.03. The molecule has 1 aromatic heterocycles. The summed E-state index contributed by atoms with van der Waals surface area (Å²) in [7, 11) is 1.47. The molecule has 7 heteroatoms. The molecule has 1 heterocycles. The van der Waals surface area contributed by atoms with Gasteiger partial charge in [0.05, 0.1) is 13.7 Å². The molecule has 0 atom stereocenters. The molecule has 3 aromatic rings. The minimum atomic E-state index is -0.402. The summed E-state index contributed by atoms with van der Waals surface area (Å²) in [5, 5.41) is 10.7. The number of nitrogens with one attached hydrogen (secondary N) is 1. The van der Waals surface area contributed by atoms with Crippen molar-refractivity contribution in [1.82, 2.24) is 20.3 Å². The molecular weight excluding hydrogens is 323 g/mol. The van der Waals surface area contributed by atoms with E-state index in [9.17, 15) is 9.18 Å². The fourth-order valence-corrected chi connectivity index (χ4v) is 2.38. The molecule has 0 aliphatic rings. The van der Waals surface area contributed by atoms with Crippen molar-refractivity contribution in [2.45, 2.75) is 13.1 Å². The van der Waals surface area contributed by atoms with Gasteiger partial charge in [-0.2, -0.15) is 0 Å². The Hall–Kier alpha value is -3.22. The number of hydrogen-bond acceptors (Lipinski definition) is 4. The molecule has 0 saturated heterocycles. The van der Waals surface area contributed by atoms with Crippen molar-refractivity contribution in [3.8, 4) is 5.88 Å². The van der Waals surface area contributed by atoms with Gasteiger partial charge >= 0.3 is 0 Å². The number of hydrogen-bond donors (Lipinski definition) is 1. The Morgan fingerprint density at radius 1 is 1.12 bits per heavy atom. The number of rotatable bonds is 6. The van der Waals surface area contributed by atoms with Crippen LogP contribution in [0.3, 0.4) is 0 Å². The van der Waals surface area contributed by atoms with Crippen molar-refractivity contribution in [1.29, 1.82) is 0 Å². The number of methoxy groups -OCH3 is 1. The zero-order valence-electron chi connectivity index (χ0n) is 13.6. The summed E-state index contributed by atoms with van der Waals surface area (Å²) in [5.74, 6) is -0.429. The van der Waals surface area contributed by atoms with E-state index in [1.165, 1.54) is 23.9 Å². The van der Waals surface area contributed by atoms with Crippen LogP contribution in [-0.4, -0.2) is 28.0 Å². The standard InChI is InChI=1S/C18H17FN4O2/c1-25-18-16(17(24)20-11-13-7-9-15(19)10-8-13)21-22-23(18)12-14-5-3-2-4-6-14/h2-10H,11-12H2,1H3,(H,20,24). The lowest BCUT2D eigenvalue weighted by Crippen LogP contribution is -2.24. The van der Waals surface area contributed by atoms with E-state index in [1.54, 1.807) is 12.1 Å². The topological polar surface area (TPSA) is 69.0 Å². The average Bonchev–Trinajstić information content (AvgIpc) is 3.04. The summed E-state index contributed by atoms with van der Waals surface area (Å²) in [5.41, 5.74) is 1.91. The second kappa shape index (κ2) is 7.57. The molecule has 0 aliphatic heterocycles. The number of carbonyl (C=O) groups excluding carboxylic acids is 1. The normalized spacial score (nSPS) is 10.5. The van der Waals surface area contributed by atoms with Crippen molar-refractivity contribution in [3.63, 3.8) is 0 Å². The first-order chi connectivity index (χ1) is 12.2. The van der Waals surface area contributed by atoms with Crippen LogP contribution in [0.5, 0.6) is 5.88 Å². The van der Waals surface area contributed by atoms with Gasteiger partial charge in [-0.3, -0.25) is 4.79 Å². The quantitative estimate of drug-likeness (QED) is 0.748. The summed E-state index contributed by atoms with van der Waals surface area (Å²) in [6.45, 7) is 0.704. The number of benzene rings is 2. The van der Waals surface area contributed by atoms with E-state index < -0.39 is 5.91 Å². The minimum Gasteiger partial charge on any atom is -0.479 e. The smallest absolute Gasteiger partial charge is 0.277 e. The van der Waals surface area contributed by atoms with Crippen molar-refractivity contribution in [2.75, 3.05) is 7.11 Å². The van der Waals surface area contributed by atoms with Crippen LogP contribution in [0.2, 0.25) is 0 Å². The summed E-state index contributed by atoms with van der Waals surface area (Å²) in [6, 6.07) is 15.6. The SMILES string of the molecule is COc1c(C(=O)NCc2ccc(F)cc2)nnn1Cc1ccccc1. The van der Waals surface area contributed by atoms with Crippen LogP contribution in [0.4, 0.5) is 4.39 Å². The first-order valence-electron chi connectivity index (χ1n) is 7.71. The van der Waals surface area contributed by atoms with E-state index >= 15 is 0 Å². The molecule has 1 amide bonds. The Balaban J connectivity index is 1.71. The second-order valence-electron chi connectivity index (χ2n) is 5.40. The third-order valence-electron chi connectivity index (χ3n) is 3.64. The van der Waals surface area contributed by atoms with Gasteiger partial charge in [-0.05, 0) is 23.3 Å². The third-order valence-corrected chi connectivity index (χ3v) is 3.64. The Morgan fingerprint density at radius 2 is 1.84 bits per heavy atom. The van der Waals surface area contributed by atoms with Crippen LogP contribution in [0, 0.1) is 5.82 Å². The van der Waals surface area contributed by atoms with Crippen LogP contribution >= 0.6 is 0 Å². The number of halogens is 1. The van der Waals surface area contributed by atoms with E-state index in [0.29, 0.717) is 12.4 Å². The van der Waals surface area contributed by atoms with Crippen LogP contribution in [-0.2, 0) is 13.1 Å². The Labute approximate surface area is 144 Å². The van der Waals surface area contributed by atoms with Crippen LogP contribution in [0.1, 0.15) is 21.6 Å². The van der Waals surface area contributed by atoms with Gasteiger partial charge in [-0.25, -0.2) is 9.07 Å². The van der Waals surface area contributed by atoms with E-state index in [0.717, 1.165) is 11.1 Å². The van der Waals surface area contributed by atoms with Gasteiger partial charge in [-0.1, -0.05) is 47.7 Å². The van der Waals surface area contributed by atoms with E-state index in [4.69, 9.17) is 4.74 Å². The highest BCUT2D eigenvalue weighted by molar-refractivity contribution is 5.94. The lowest BCUT2D eigenvalue weighted by molar-refractivity contribution is 0.0942. The number of amides is 1. The fraction of sp³-hybridized carbons (Fsp3) is 0.167. The van der Waals surface area contributed by atoms with Crippen LogP contribution in [0.25, 0.3) is 0 Å². The van der Waals surface area contributed by atoms with Crippen molar-refractivity contribution in [2.24, 2.45) is 0 Å². The highest BCUT2D eigenvalue weighted by atomic mass is 19.1.